The minimum Gasteiger partial charge on any atom is -0.547 e. The third-order valence-electron chi connectivity index (χ3n) is 21.1. The van der Waals surface area contributed by atoms with Crippen LogP contribution < -0.4 is 34.7 Å². The van der Waals surface area contributed by atoms with Gasteiger partial charge in [-0.1, -0.05) is 212 Å². The number of esters is 1. The second-order valence-electron chi connectivity index (χ2n) is 28.4. The molecule has 7 aromatic rings. The first-order valence-corrected chi connectivity index (χ1v) is 38.8. The molecule has 5 aliphatic heterocycles. The molecule has 5 heterocycles. The van der Waals surface area contributed by atoms with Gasteiger partial charge in [0, 0.05) is 56.9 Å². The zero-order valence-electron chi connectivity index (χ0n) is 67.6. The standard InChI is InChI=1S/C88H108O28.Na/c1-92-65-62(52-101-45-55-31-17-10-18-32-55)109-85(77(96-5)68(65)93-2)113-73-69(94-3)78(97-6)86(115-75(73)82(89)90)111-67-64(54-103-47-57-35-21-12-22-36-57)110-88(81(107-51-61-43-29-16-30-44-61)72(67)105-49-59-39-25-14-26-40-59)114-74-70(95-4)79(98-7)87(116-76(74)83(91)99-8)112-66-63(53-102-46-56-33-19-11-20-34-56)108-84(100-9)80(106-50-60-41-27-15-28-42-60)71(66)104-48-58-37-23-13-24-38-58;/h10-44,62-81,84-88H,45-54H2,1-9H3,(H,89,90);/q;+1/p-1/t62-,63-,64-,65-,66-,67-,68+,69+,70+,71+,72+,73+,74+,75+,76-,77-,78-,79-,80-,81-,84+,85-,86-,87-,88-;/m1./s1. The Hall–Kier alpha value is -6.48. The predicted molar refractivity (Wildman–Crippen MR) is 411 cm³/mol. The van der Waals surface area contributed by atoms with Gasteiger partial charge in [0.15, 0.2) is 37.6 Å². The van der Waals surface area contributed by atoms with E-state index < -0.39 is 165 Å². The Bertz CT molecular complexity index is 3940. The van der Waals surface area contributed by atoms with Crippen molar-refractivity contribution in [3.63, 3.8) is 0 Å². The van der Waals surface area contributed by atoms with Crippen molar-refractivity contribution in [3.05, 3.63) is 251 Å². The van der Waals surface area contributed by atoms with Gasteiger partial charge in [0.2, 0.25) is 0 Å². The van der Waals surface area contributed by atoms with Crippen LogP contribution >= 0.6 is 0 Å². The van der Waals surface area contributed by atoms with E-state index in [1.165, 1.54) is 64.0 Å². The predicted octanol–water partition coefficient (Wildman–Crippen LogP) is 4.82. The van der Waals surface area contributed by atoms with Gasteiger partial charge in [0.05, 0.1) is 79.1 Å². The molecule has 5 fully saturated rings. The first-order valence-electron chi connectivity index (χ1n) is 38.8. The number of carbonyl (C=O) groups is 2. The van der Waals surface area contributed by atoms with E-state index >= 15 is 4.79 Å². The molecular formula is C88H107NaO28. The third-order valence-corrected chi connectivity index (χ3v) is 21.1. The van der Waals surface area contributed by atoms with Gasteiger partial charge in [0.25, 0.3) is 0 Å². The first-order chi connectivity index (χ1) is 56.9. The second kappa shape index (κ2) is 47.1. The van der Waals surface area contributed by atoms with Crippen LogP contribution in [0.25, 0.3) is 0 Å². The average molecular weight is 1640 g/mol. The van der Waals surface area contributed by atoms with E-state index in [1.807, 2.05) is 212 Å². The van der Waals surface area contributed by atoms with Crippen LogP contribution in [0.5, 0.6) is 0 Å². The van der Waals surface area contributed by atoms with E-state index in [0.717, 1.165) is 38.9 Å². The van der Waals surface area contributed by atoms with Gasteiger partial charge in [0.1, 0.15) is 116 Å². The van der Waals surface area contributed by atoms with E-state index in [2.05, 4.69) is 0 Å². The number of carboxylic acid groups (broad SMARTS) is 1. The number of aliphatic carboxylic acids is 1. The summed E-state index contributed by atoms with van der Waals surface area (Å²) >= 11 is 0. The number of hydrogen-bond donors (Lipinski definition) is 0. The fourth-order valence-corrected chi connectivity index (χ4v) is 15.3. The van der Waals surface area contributed by atoms with E-state index in [4.69, 9.17) is 118 Å². The number of carboxylic acids is 1. The summed E-state index contributed by atoms with van der Waals surface area (Å²) in [6, 6.07) is 66.7. The molecule has 628 valence electrons. The van der Waals surface area contributed by atoms with Gasteiger partial charge in [-0.05, 0) is 38.9 Å². The van der Waals surface area contributed by atoms with Gasteiger partial charge < -0.3 is 128 Å². The van der Waals surface area contributed by atoms with Crippen molar-refractivity contribution < 1.29 is 163 Å². The molecule has 0 bridgehead atoms. The topological polar surface area (TPSA) is 288 Å². The van der Waals surface area contributed by atoms with Crippen molar-refractivity contribution in [2.75, 3.05) is 83.8 Å². The summed E-state index contributed by atoms with van der Waals surface area (Å²) in [7, 11) is 12.8. The Morgan fingerprint density at radius 3 is 0.821 bits per heavy atom. The summed E-state index contributed by atoms with van der Waals surface area (Å²) in [4.78, 5) is 29.0. The molecule has 5 aliphatic rings. The molecule has 0 aromatic heterocycles. The number of rotatable bonds is 42. The molecule has 5 saturated heterocycles. The van der Waals surface area contributed by atoms with E-state index in [1.54, 1.807) is 0 Å². The van der Waals surface area contributed by atoms with Crippen molar-refractivity contribution in [2.24, 2.45) is 0 Å². The number of ether oxygens (including phenoxy) is 25. The van der Waals surface area contributed by atoms with E-state index in [-0.39, 0.29) is 95.6 Å². The zero-order chi connectivity index (χ0) is 81.1. The molecule has 0 aliphatic carbocycles. The molecule has 0 N–H and O–H groups in total. The van der Waals surface area contributed by atoms with Crippen molar-refractivity contribution in [1.29, 1.82) is 0 Å². The molecule has 0 spiro atoms. The molecule has 0 radical (unpaired) electrons. The van der Waals surface area contributed by atoms with Gasteiger partial charge in [-0.2, -0.15) is 0 Å². The molecule has 25 atom stereocenters. The van der Waals surface area contributed by atoms with Crippen molar-refractivity contribution in [1.82, 2.24) is 0 Å². The zero-order valence-corrected chi connectivity index (χ0v) is 69.6. The summed E-state index contributed by atoms with van der Waals surface area (Å²) < 4.78 is 166. The molecule has 117 heavy (non-hydrogen) atoms. The minimum atomic E-state index is -1.98. The number of hydrogen-bond acceptors (Lipinski definition) is 28. The average Bonchev–Trinajstić information content (AvgIpc) is 0.758. The van der Waals surface area contributed by atoms with E-state index in [0.29, 0.717) is 0 Å². The smallest absolute Gasteiger partial charge is 0.547 e. The number of carbonyl (C=O) groups excluding carboxylic acids is 2. The SMILES string of the molecule is COC(=O)[C@@H]1O[C@@H](O[C@H]2[C@H](OCc3ccccc3)[C@@H](OCc3ccccc3)[C@@H](OC)O[C@@H]2COCc2ccccc2)[C@H](OC)[C@@H](OC)[C@@H]1O[C@H]1O[C@H](COCc2ccccc2)[C@@H](O[C@@H]2O[C@H](C(=O)[O-])[C@@H](O[C@H]3O[C@H](COCc4ccccc4)[C@@H](OC)[C@H](OC)[C@H]3OC)[C@H](OC)[C@H]2OC)[C@H](OCc2ccccc2)[C@H]1OCc1ccccc1.[Na+]. The van der Waals surface area contributed by atoms with Gasteiger partial charge in [-0.3, -0.25) is 0 Å². The van der Waals surface area contributed by atoms with Crippen LogP contribution in [-0.4, -0.2) is 249 Å². The summed E-state index contributed by atoms with van der Waals surface area (Å²) in [5, 5.41) is 14.0. The Morgan fingerprint density at radius 2 is 0.513 bits per heavy atom. The maximum atomic E-state index is 15.0. The van der Waals surface area contributed by atoms with Crippen LogP contribution in [0.4, 0.5) is 0 Å². The molecule has 0 amide bonds. The fourth-order valence-electron chi connectivity index (χ4n) is 15.3. The van der Waals surface area contributed by atoms with Crippen molar-refractivity contribution >= 4 is 11.9 Å². The molecular weight excluding hydrogens is 1530 g/mol. The van der Waals surface area contributed by atoms with Crippen molar-refractivity contribution in [2.45, 2.75) is 200 Å². The normalized spacial score (nSPS) is 31.2. The summed E-state index contributed by atoms with van der Waals surface area (Å²) in [5.41, 5.74) is 5.82. The Balaban J connectivity index is 0.0000134. The Labute approximate surface area is 705 Å². The van der Waals surface area contributed by atoms with Crippen LogP contribution in [0.15, 0.2) is 212 Å². The van der Waals surface area contributed by atoms with Crippen molar-refractivity contribution in [3.8, 4) is 0 Å². The van der Waals surface area contributed by atoms with Gasteiger partial charge >= 0.3 is 35.5 Å². The molecule has 29 heteroatoms. The molecule has 28 nitrogen and oxygen atoms in total. The maximum absolute atomic E-state index is 15.0. The summed E-state index contributed by atoms with van der Waals surface area (Å²) in [6.07, 6.45) is -31.9. The van der Waals surface area contributed by atoms with Crippen LogP contribution in [0.1, 0.15) is 38.9 Å². The molecule has 7 aromatic carbocycles. The largest absolute Gasteiger partial charge is 1.00 e. The molecule has 0 saturated carbocycles. The maximum Gasteiger partial charge on any atom is 1.00 e. The Kier molecular flexibility index (Phi) is 36.7. The number of benzene rings is 7. The second-order valence-corrected chi connectivity index (χ2v) is 28.4. The quantitative estimate of drug-likeness (QED) is 0.0366. The van der Waals surface area contributed by atoms with Crippen LogP contribution in [0.2, 0.25) is 0 Å². The summed E-state index contributed by atoms with van der Waals surface area (Å²) in [6.45, 7) is 0.271. The van der Waals surface area contributed by atoms with Crippen LogP contribution in [0.3, 0.4) is 0 Å². The number of methoxy groups -OCH3 is 9. The van der Waals surface area contributed by atoms with Gasteiger partial charge in [-0.25, -0.2) is 4.79 Å². The van der Waals surface area contributed by atoms with Crippen LogP contribution in [0, 0.1) is 0 Å². The monoisotopic (exact) mass is 1630 g/mol. The molecule has 12 rings (SSSR count). The minimum absolute atomic E-state index is 0. The molecule has 0 unspecified atom stereocenters. The Morgan fingerprint density at radius 1 is 0.265 bits per heavy atom. The van der Waals surface area contributed by atoms with Gasteiger partial charge in [-0.15, -0.1) is 0 Å². The first kappa shape index (κ1) is 91.3. The summed E-state index contributed by atoms with van der Waals surface area (Å²) in [5.74, 6) is -2.61. The third kappa shape index (κ3) is 24.0. The van der Waals surface area contributed by atoms with E-state index in [9.17, 15) is 9.90 Å². The fraction of sp³-hybridized carbons (Fsp3) is 0.500. The van der Waals surface area contributed by atoms with Crippen LogP contribution in [-0.2, 0) is 174 Å².